The first kappa shape index (κ1) is 16.9. The third-order valence-electron chi connectivity index (χ3n) is 4.10. The van der Waals surface area contributed by atoms with Gasteiger partial charge < -0.3 is 10.1 Å². The topological polar surface area (TPSA) is 41.6 Å². The fourth-order valence-electron chi connectivity index (χ4n) is 2.77. The number of nitrogens with one attached hydrogen (secondary N) is 1. The minimum absolute atomic E-state index is 0.118. The van der Waals surface area contributed by atoms with Gasteiger partial charge in [-0.05, 0) is 50.0 Å². The molecular formula is C17H25FN2O2. The summed E-state index contributed by atoms with van der Waals surface area (Å²) in [5, 5.41) is 2.98. The van der Waals surface area contributed by atoms with E-state index in [0.717, 1.165) is 44.5 Å². The molecule has 0 spiro atoms. The van der Waals surface area contributed by atoms with Crippen LogP contribution in [0.1, 0.15) is 24.8 Å². The fourth-order valence-corrected chi connectivity index (χ4v) is 2.77. The molecule has 1 aromatic carbocycles. The van der Waals surface area contributed by atoms with Gasteiger partial charge in [-0.2, -0.15) is 0 Å². The summed E-state index contributed by atoms with van der Waals surface area (Å²) in [6, 6.07) is 6.64. The van der Waals surface area contributed by atoms with Crippen molar-refractivity contribution in [3.63, 3.8) is 0 Å². The molecule has 1 aliphatic rings. The van der Waals surface area contributed by atoms with Gasteiger partial charge in [0, 0.05) is 32.7 Å². The molecule has 0 aromatic heterocycles. The summed E-state index contributed by atoms with van der Waals surface area (Å²) in [5.41, 5.74) is 1.11. The molecule has 1 heterocycles. The van der Waals surface area contributed by atoms with Crippen LogP contribution in [-0.2, 0) is 16.1 Å². The van der Waals surface area contributed by atoms with E-state index in [1.807, 2.05) is 12.1 Å². The number of hydrogen-bond acceptors (Lipinski definition) is 3. The molecular weight excluding hydrogens is 283 g/mol. The van der Waals surface area contributed by atoms with Gasteiger partial charge in [0.05, 0.1) is 0 Å². The zero-order valence-electron chi connectivity index (χ0n) is 13.2. The van der Waals surface area contributed by atoms with Gasteiger partial charge in [0.1, 0.15) is 5.82 Å². The maximum absolute atomic E-state index is 12.9. The zero-order valence-corrected chi connectivity index (χ0v) is 13.2. The summed E-state index contributed by atoms with van der Waals surface area (Å²) >= 11 is 0. The van der Waals surface area contributed by atoms with Gasteiger partial charge in [-0.25, -0.2) is 4.39 Å². The third-order valence-corrected chi connectivity index (χ3v) is 4.10. The molecule has 1 aromatic rings. The summed E-state index contributed by atoms with van der Waals surface area (Å²) in [6.45, 7) is 4.00. The van der Waals surface area contributed by atoms with Crippen molar-refractivity contribution in [2.24, 2.45) is 5.92 Å². The highest BCUT2D eigenvalue weighted by Crippen LogP contribution is 2.19. The minimum atomic E-state index is -0.201. The summed E-state index contributed by atoms with van der Waals surface area (Å²) in [5.74, 6) is 0.0807. The van der Waals surface area contributed by atoms with Crippen molar-refractivity contribution >= 4 is 5.91 Å². The number of carbonyl (C=O) groups is 1. The summed E-state index contributed by atoms with van der Waals surface area (Å²) < 4.78 is 17.9. The number of benzene rings is 1. The largest absolute Gasteiger partial charge is 0.385 e. The van der Waals surface area contributed by atoms with E-state index in [1.165, 1.54) is 12.1 Å². The van der Waals surface area contributed by atoms with E-state index in [-0.39, 0.29) is 17.6 Å². The SMILES string of the molecule is COCCCNC(=O)C1CCN(Cc2ccc(F)cc2)CC1. The molecule has 5 heteroatoms. The van der Waals surface area contributed by atoms with Crippen LogP contribution in [0.25, 0.3) is 0 Å². The number of halogens is 1. The van der Waals surface area contributed by atoms with Gasteiger partial charge in [-0.3, -0.25) is 9.69 Å². The van der Waals surface area contributed by atoms with Crippen molar-refractivity contribution in [2.75, 3.05) is 33.4 Å². The molecule has 1 aliphatic heterocycles. The molecule has 122 valence electrons. The molecule has 1 N–H and O–H groups in total. The number of ether oxygens (including phenoxy) is 1. The predicted octanol–water partition coefficient (Wildman–Crippen LogP) is 2.19. The van der Waals surface area contributed by atoms with Crippen LogP contribution in [0.5, 0.6) is 0 Å². The number of likely N-dealkylation sites (tertiary alicyclic amines) is 1. The molecule has 0 atom stereocenters. The quantitative estimate of drug-likeness (QED) is 0.785. The average Bonchev–Trinajstić information content (AvgIpc) is 2.54. The lowest BCUT2D eigenvalue weighted by Crippen LogP contribution is -2.40. The van der Waals surface area contributed by atoms with Crippen molar-refractivity contribution in [3.8, 4) is 0 Å². The molecule has 22 heavy (non-hydrogen) atoms. The van der Waals surface area contributed by atoms with Crippen LogP contribution in [0.4, 0.5) is 4.39 Å². The van der Waals surface area contributed by atoms with Gasteiger partial charge in [0.2, 0.25) is 5.91 Å². The van der Waals surface area contributed by atoms with Gasteiger partial charge in [0.25, 0.3) is 0 Å². The van der Waals surface area contributed by atoms with Crippen LogP contribution in [-0.4, -0.2) is 44.2 Å². The Hall–Kier alpha value is -1.46. The standard InChI is InChI=1S/C17H25FN2O2/c1-22-12-2-9-19-17(21)15-7-10-20(11-8-15)13-14-3-5-16(18)6-4-14/h3-6,15H,2,7-13H2,1H3,(H,19,21). The highest BCUT2D eigenvalue weighted by Gasteiger charge is 2.24. The molecule has 0 aliphatic carbocycles. The molecule has 4 nitrogen and oxygen atoms in total. The van der Waals surface area contributed by atoms with Crippen LogP contribution >= 0.6 is 0 Å². The number of amides is 1. The lowest BCUT2D eigenvalue weighted by molar-refractivity contribution is -0.126. The Balaban J connectivity index is 1.68. The average molecular weight is 308 g/mol. The normalized spacial score (nSPS) is 16.6. The number of methoxy groups -OCH3 is 1. The summed E-state index contributed by atoms with van der Waals surface area (Å²) in [4.78, 5) is 14.4. The van der Waals surface area contributed by atoms with E-state index in [0.29, 0.717) is 13.2 Å². The van der Waals surface area contributed by atoms with E-state index in [1.54, 1.807) is 7.11 Å². The van der Waals surface area contributed by atoms with Crippen LogP contribution in [0.3, 0.4) is 0 Å². The Morgan fingerprint density at radius 3 is 2.64 bits per heavy atom. The smallest absolute Gasteiger partial charge is 0.223 e. The first-order chi connectivity index (χ1) is 10.7. The van der Waals surface area contributed by atoms with Crippen molar-refractivity contribution < 1.29 is 13.9 Å². The molecule has 1 fully saturated rings. The molecule has 2 rings (SSSR count). The molecule has 0 saturated carbocycles. The van der Waals surface area contributed by atoms with Gasteiger partial charge in [-0.1, -0.05) is 12.1 Å². The Bertz CT molecular complexity index is 456. The number of nitrogens with zero attached hydrogens (tertiary/aromatic N) is 1. The highest BCUT2D eigenvalue weighted by molar-refractivity contribution is 5.78. The van der Waals surface area contributed by atoms with Crippen molar-refractivity contribution in [2.45, 2.75) is 25.8 Å². The second-order valence-electron chi connectivity index (χ2n) is 5.81. The lowest BCUT2D eigenvalue weighted by atomic mass is 9.95. The Morgan fingerprint density at radius 2 is 2.00 bits per heavy atom. The Labute approximate surface area is 131 Å². The monoisotopic (exact) mass is 308 g/mol. The Morgan fingerprint density at radius 1 is 1.32 bits per heavy atom. The van der Waals surface area contributed by atoms with Crippen LogP contribution in [0, 0.1) is 11.7 Å². The summed E-state index contributed by atoms with van der Waals surface area (Å²) in [7, 11) is 1.67. The first-order valence-corrected chi connectivity index (χ1v) is 7.92. The van der Waals surface area contributed by atoms with E-state index < -0.39 is 0 Å². The van der Waals surface area contributed by atoms with Gasteiger partial charge in [0.15, 0.2) is 0 Å². The third kappa shape index (κ3) is 5.39. The number of piperidine rings is 1. The zero-order chi connectivity index (χ0) is 15.8. The van der Waals surface area contributed by atoms with E-state index in [4.69, 9.17) is 4.74 Å². The van der Waals surface area contributed by atoms with Crippen LogP contribution in [0.15, 0.2) is 24.3 Å². The maximum atomic E-state index is 12.9. The highest BCUT2D eigenvalue weighted by atomic mass is 19.1. The number of hydrogen-bond donors (Lipinski definition) is 1. The lowest BCUT2D eigenvalue weighted by Gasteiger charge is -2.31. The van der Waals surface area contributed by atoms with E-state index in [9.17, 15) is 9.18 Å². The fraction of sp³-hybridized carbons (Fsp3) is 0.588. The number of rotatable bonds is 7. The van der Waals surface area contributed by atoms with Crippen LogP contribution < -0.4 is 5.32 Å². The van der Waals surface area contributed by atoms with Gasteiger partial charge >= 0.3 is 0 Å². The first-order valence-electron chi connectivity index (χ1n) is 7.92. The number of carbonyl (C=O) groups excluding carboxylic acids is 1. The molecule has 0 radical (unpaired) electrons. The predicted molar refractivity (Wildman–Crippen MR) is 83.9 cm³/mol. The second kappa shape index (κ2) is 8.86. The summed E-state index contributed by atoms with van der Waals surface area (Å²) in [6.07, 6.45) is 2.63. The van der Waals surface area contributed by atoms with Crippen molar-refractivity contribution in [3.05, 3.63) is 35.6 Å². The molecule has 0 bridgehead atoms. The minimum Gasteiger partial charge on any atom is -0.385 e. The van der Waals surface area contributed by atoms with E-state index in [2.05, 4.69) is 10.2 Å². The molecule has 1 saturated heterocycles. The van der Waals surface area contributed by atoms with Crippen molar-refractivity contribution in [1.82, 2.24) is 10.2 Å². The molecule has 0 unspecified atom stereocenters. The van der Waals surface area contributed by atoms with E-state index >= 15 is 0 Å². The van der Waals surface area contributed by atoms with Crippen molar-refractivity contribution in [1.29, 1.82) is 0 Å². The molecule has 1 amide bonds. The maximum Gasteiger partial charge on any atom is 0.223 e. The second-order valence-corrected chi connectivity index (χ2v) is 5.81. The van der Waals surface area contributed by atoms with Gasteiger partial charge in [-0.15, -0.1) is 0 Å². The van der Waals surface area contributed by atoms with Crippen LogP contribution in [0.2, 0.25) is 0 Å². The Kier molecular flexibility index (Phi) is 6.80.